The van der Waals surface area contributed by atoms with Crippen LogP contribution in [-0.4, -0.2) is 45.4 Å². The number of pyridine rings is 1. The van der Waals surface area contributed by atoms with Crippen LogP contribution in [0, 0.1) is 0 Å². The van der Waals surface area contributed by atoms with Crippen LogP contribution in [0.4, 0.5) is 4.79 Å². The molecule has 1 aliphatic rings. The summed E-state index contributed by atoms with van der Waals surface area (Å²) in [4.78, 5) is 34.0. The number of carbonyl (C=O) groups excluding carboxylic acids is 2. The number of oxime groups is 1. The van der Waals surface area contributed by atoms with E-state index >= 15 is 0 Å². The standard InChI is InChI=1S/C19H19BrN4O5/c20-17-10-15(29-24-17)11-22-18(26)16(9-12-1-3-13(25)4-2-12)23-19(27)28-14-5-7-21-8-6-14/h1-8,15-16,25H,9-11H2,(H,22,26)(H,23,27)/t15?,16-/m0/s1. The highest BCUT2D eigenvalue weighted by atomic mass is 79.9. The number of hydrogen-bond donors (Lipinski definition) is 3. The Balaban J connectivity index is 1.62. The molecule has 0 bridgehead atoms. The molecule has 0 saturated heterocycles. The molecule has 2 aromatic rings. The molecule has 10 heteroatoms. The lowest BCUT2D eigenvalue weighted by Gasteiger charge is -2.19. The van der Waals surface area contributed by atoms with E-state index in [9.17, 15) is 14.7 Å². The van der Waals surface area contributed by atoms with Gasteiger partial charge in [-0.25, -0.2) is 4.79 Å². The molecule has 0 aliphatic carbocycles. The Kier molecular flexibility index (Phi) is 7.01. The summed E-state index contributed by atoms with van der Waals surface area (Å²) in [5, 5.41) is 18.5. The van der Waals surface area contributed by atoms with Gasteiger partial charge in [-0.3, -0.25) is 9.78 Å². The number of halogens is 1. The molecule has 0 spiro atoms. The summed E-state index contributed by atoms with van der Waals surface area (Å²) in [6, 6.07) is 8.56. The minimum absolute atomic E-state index is 0.115. The molecular weight excluding hydrogens is 444 g/mol. The van der Waals surface area contributed by atoms with Crippen LogP contribution in [0.15, 0.2) is 53.9 Å². The molecule has 29 heavy (non-hydrogen) atoms. The first kappa shape index (κ1) is 20.6. The lowest BCUT2D eigenvalue weighted by atomic mass is 10.0. The molecule has 3 rings (SSSR count). The Morgan fingerprint density at radius 3 is 2.62 bits per heavy atom. The van der Waals surface area contributed by atoms with Crippen molar-refractivity contribution in [1.29, 1.82) is 0 Å². The summed E-state index contributed by atoms with van der Waals surface area (Å²) in [5.74, 6) is 0.0304. The van der Waals surface area contributed by atoms with Gasteiger partial charge in [0, 0.05) is 25.2 Å². The monoisotopic (exact) mass is 462 g/mol. The van der Waals surface area contributed by atoms with Crippen molar-refractivity contribution in [1.82, 2.24) is 15.6 Å². The molecule has 1 aliphatic heterocycles. The quantitative estimate of drug-likeness (QED) is 0.578. The molecule has 1 unspecified atom stereocenters. The Labute approximate surface area is 175 Å². The average molecular weight is 463 g/mol. The molecule has 3 N–H and O–H groups in total. The minimum atomic E-state index is -0.889. The third-order valence-electron chi connectivity index (χ3n) is 4.05. The fourth-order valence-corrected chi connectivity index (χ4v) is 3.05. The first-order valence-electron chi connectivity index (χ1n) is 8.82. The van der Waals surface area contributed by atoms with Crippen LogP contribution in [0.2, 0.25) is 0 Å². The van der Waals surface area contributed by atoms with Crippen LogP contribution >= 0.6 is 15.9 Å². The van der Waals surface area contributed by atoms with E-state index in [1.165, 1.54) is 36.7 Å². The highest BCUT2D eigenvalue weighted by molar-refractivity contribution is 9.18. The van der Waals surface area contributed by atoms with Crippen LogP contribution in [0.3, 0.4) is 0 Å². The third-order valence-corrected chi connectivity index (χ3v) is 4.51. The Morgan fingerprint density at radius 1 is 1.24 bits per heavy atom. The smallest absolute Gasteiger partial charge is 0.413 e. The number of rotatable bonds is 7. The number of hydrogen-bond acceptors (Lipinski definition) is 7. The average Bonchev–Trinajstić information content (AvgIpc) is 3.13. The minimum Gasteiger partial charge on any atom is -0.508 e. The van der Waals surface area contributed by atoms with Crippen molar-refractivity contribution in [3.8, 4) is 11.5 Å². The van der Waals surface area contributed by atoms with E-state index in [1.54, 1.807) is 12.1 Å². The summed E-state index contributed by atoms with van der Waals surface area (Å²) in [6.45, 7) is 0.241. The van der Waals surface area contributed by atoms with Gasteiger partial charge in [0.25, 0.3) is 0 Å². The number of nitrogens with zero attached hydrogens (tertiary/aromatic N) is 2. The summed E-state index contributed by atoms with van der Waals surface area (Å²) >= 11 is 3.24. The number of phenols is 1. The van der Waals surface area contributed by atoms with Gasteiger partial charge in [-0.2, -0.15) is 0 Å². The predicted molar refractivity (Wildman–Crippen MR) is 108 cm³/mol. The first-order valence-corrected chi connectivity index (χ1v) is 9.61. The van der Waals surface area contributed by atoms with Crippen molar-refractivity contribution < 1.29 is 24.3 Å². The highest BCUT2D eigenvalue weighted by Gasteiger charge is 2.25. The van der Waals surface area contributed by atoms with Crippen molar-refractivity contribution in [2.24, 2.45) is 5.16 Å². The SMILES string of the molecule is O=C(N[C@@H](Cc1ccc(O)cc1)C(=O)NCC1CC(Br)=NO1)Oc1ccncc1. The summed E-state index contributed by atoms with van der Waals surface area (Å²) in [7, 11) is 0. The molecule has 1 aromatic heterocycles. The Hall–Kier alpha value is -3.14. The zero-order valence-corrected chi connectivity index (χ0v) is 16.8. The maximum absolute atomic E-state index is 12.7. The van der Waals surface area contributed by atoms with Gasteiger partial charge in [-0.15, -0.1) is 0 Å². The van der Waals surface area contributed by atoms with Gasteiger partial charge in [0.2, 0.25) is 5.91 Å². The van der Waals surface area contributed by atoms with Gasteiger partial charge >= 0.3 is 6.09 Å². The van der Waals surface area contributed by atoms with Crippen molar-refractivity contribution in [3.05, 3.63) is 54.4 Å². The molecule has 2 heterocycles. The molecule has 2 amide bonds. The fourth-order valence-electron chi connectivity index (χ4n) is 2.60. The van der Waals surface area contributed by atoms with Crippen molar-refractivity contribution >= 4 is 32.6 Å². The Bertz CT molecular complexity index is 876. The highest BCUT2D eigenvalue weighted by Crippen LogP contribution is 2.14. The van der Waals surface area contributed by atoms with Crippen LogP contribution in [-0.2, 0) is 16.1 Å². The van der Waals surface area contributed by atoms with Gasteiger partial charge < -0.3 is 25.3 Å². The van der Waals surface area contributed by atoms with E-state index in [0.717, 1.165) is 5.56 Å². The van der Waals surface area contributed by atoms with Gasteiger partial charge in [-0.1, -0.05) is 17.3 Å². The second kappa shape index (κ2) is 9.87. The molecular formula is C19H19BrN4O5. The first-order chi connectivity index (χ1) is 14.0. The molecule has 1 aromatic carbocycles. The van der Waals surface area contributed by atoms with Gasteiger partial charge in [0.1, 0.15) is 22.2 Å². The molecule has 9 nitrogen and oxygen atoms in total. The summed E-state index contributed by atoms with van der Waals surface area (Å²) in [5.41, 5.74) is 0.760. The molecule has 152 valence electrons. The van der Waals surface area contributed by atoms with E-state index in [1.807, 2.05) is 0 Å². The largest absolute Gasteiger partial charge is 0.508 e. The van der Waals surface area contributed by atoms with E-state index in [-0.39, 0.29) is 24.8 Å². The van der Waals surface area contributed by atoms with E-state index in [0.29, 0.717) is 16.8 Å². The Morgan fingerprint density at radius 2 is 1.97 bits per heavy atom. The van der Waals surface area contributed by atoms with Crippen LogP contribution in [0.1, 0.15) is 12.0 Å². The number of nitrogens with one attached hydrogen (secondary N) is 2. The number of phenolic OH excluding ortho intramolecular Hbond substituents is 1. The van der Waals surface area contributed by atoms with Crippen LogP contribution in [0.25, 0.3) is 0 Å². The van der Waals surface area contributed by atoms with E-state index < -0.39 is 18.0 Å². The third kappa shape index (κ3) is 6.46. The van der Waals surface area contributed by atoms with Crippen molar-refractivity contribution in [3.63, 3.8) is 0 Å². The maximum Gasteiger partial charge on any atom is 0.413 e. The lowest BCUT2D eigenvalue weighted by Crippen LogP contribution is -2.50. The van der Waals surface area contributed by atoms with Crippen LogP contribution < -0.4 is 15.4 Å². The van der Waals surface area contributed by atoms with Gasteiger partial charge in [0.15, 0.2) is 6.10 Å². The van der Waals surface area contributed by atoms with E-state index in [2.05, 4.69) is 36.7 Å². The number of amides is 2. The van der Waals surface area contributed by atoms with Gasteiger partial charge in [0.05, 0.1) is 6.54 Å². The molecule has 2 atom stereocenters. The topological polar surface area (TPSA) is 122 Å². The molecule has 0 radical (unpaired) electrons. The normalized spacial score (nSPS) is 16.3. The lowest BCUT2D eigenvalue weighted by molar-refractivity contribution is -0.123. The maximum atomic E-state index is 12.7. The van der Waals surface area contributed by atoms with E-state index in [4.69, 9.17) is 9.57 Å². The number of aromatic nitrogens is 1. The van der Waals surface area contributed by atoms with Crippen LogP contribution in [0.5, 0.6) is 11.5 Å². The van der Waals surface area contributed by atoms with Crippen molar-refractivity contribution in [2.45, 2.75) is 25.0 Å². The fraction of sp³-hybridized carbons (Fsp3) is 0.263. The van der Waals surface area contributed by atoms with Gasteiger partial charge in [-0.05, 0) is 45.8 Å². The molecule has 0 fully saturated rings. The second-order valence-electron chi connectivity index (χ2n) is 6.28. The summed E-state index contributed by atoms with van der Waals surface area (Å²) < 4.78 is 5.86. The number of benzene rings is 1. The number of carbonyl (C=O) groups is 2. The second-order valence-corrected chi connectivity index (χ2v) is 7.20. The number of aromatic hydroxyl groups is 1. The zero-order valence-electron chi connectivity index (χ0n) is 15.2. The predicted octanol–water partition coefficient (Wildman–Crippen LogP) is 2.10. The van der Waals surface area contributed by atoms with Crippen molar-refractivity contribution in [2.75, 3.05) is 6.54 Å². The summed E-state index contributed by atoms with van der Waals surface area (Å²) in [6.07, 6.45) is 2.71. The molecule has 0 saturated carbocycles. The zero-order chi connectivity index (χ0) is 20.6. The number of ether oxygens (including phenoxy) is 1.